The Morgan fingerprint density at radius 1 is 1.17 bits per heavy atom. The number of halogens is 2. The molecule has 150 valence electrons. The van der Waals surface area contributed by atoms with E-state index in [-0.39, 0.29) is 35.0 Å². The zero-order valence-corrected chi connectivity index (χ0v) is 15.7. The molecule has 0 spiro atoms. The van der Waals surface area contributed by atoms with E-state index < -0.39 is 12.0 Å². The Balaban J connectivity index is 1.45. The summed E-state index contributed by atoms with van der Waals surface area (Å²) in [6.45, 7) is 0. The van der Waals surface area contributed by atoms with Crippen molar-refractivity contribution in [2.75, 3.05) is 4.90 Å². The summed E-state index contributed by atoms with van der Waals surface area (Å²) < 4.78 is 29.1. The predicted molar refractivity (Wildman–Crippen MR) is 103 cm³/mol. The number of piperidine rings is 1. The van der Waals surface area contributed by atoms with Crippen molar-refractivity contribution in [3.63, 3.8) is 0 Å². The molecule has 3 aliphatic rings. The lowest BCUT2D eigenvalue weighted by atomic mass is 9.96. The van der Waals surface area contributed by atoms with Gasteiger partial charge in [-0.3, -0.25) is 4.98 Å². The summed E-state index contributed by atoms with van der Waals surface area (Å²) in [7, 11) is 0. The van der Waals surface area contributed by atoms with Crippen molar-refractivity contribution in [1.82, 2.24) is 15.3 Å². The summed E-state index contributed by atoms with van der Waals surface area (Å²) in [6.07, 6.45) is 6.73. The van der Waals surface area contributed by atoms with Gasteiger partial charge in [0.15, 0.2) is 0 Å². The second-order valence-corrected chi connectivity index (χ2v) is 8.15. The van der Waals surface area contributed by atoms with Crippen molar-refractivity contribution in [3.05, 3.63) is 35.9 Å². The smallest absolute Gasteiger partial charge is 0.147 e. The molecule has 2 unspecified atom stereocenters. The lowest BCUT2D eigenvalue weighted by Gasteiger charge is -2.41. The Morgan fingerprint density at radius 3 is 2.69 bits per heavy atom. The van der Waals surface area contributed by atoms with E-state index in [4.69, 9.17) is 5.26 Å². The van der Waals surface area contributed by atoms with E-state index in [1.54, 1.807) is 12.3 Å². The van der Waals surface area contributed by atoms with Crippen molar-refractivity contribution in [2.45, 2.75) is 62.4 Å². The number of nitriles is 1. The van der Waals surface area contributed by atoms with Crippen LogP contribution in [0, 0.1) is 17.1 Å². The summed E-state index contributed by atoms with van der Waals surface area (Å²) in [4.78, 5) is 10.9. The first kappa shape index (κ1) is 18.3. The SMILES string of the molecule is N#Cc1cc(O)c(-c2cnc(N(C3CC3)[C@H]3CC4CCC(N4)[C@H]3F)cn2)cc1F. The Morgan fingerprint density at radius 2 is 2.00 bits per heavy atom. The zero-order valence-electron chi connectivity index (χ0n) is 15.7. The third-order valence-electron chi connectivity index (χ3n) is 6.24. The molecule has 8 heteroatoms. The highest BCUT2D eigenvalue weighted by atomic mass is 19.1. The highest BCUT2D eigenvalue weighted by Gasteiger charge is 2.48. The average Bonchev–Trinajstić information content (AvgIpc) is 3.48. The molecule has 2 saturated heterocycles. The topological polar surface area (TPSA) is 85.1 Å². The van der Waals surface area contributed by atoms with Gasteiger partial charge in [0.25, 0.3) is 0 Å². The molecule has 2 bridgehead atoms. The van der Waals surface area contributed by atoms with Crippen molar-refractivity contribution >= 4 is 5.82 Å². The molecule has 1 aromatic heterocycles. The Kier molecular flexibility index (Phi) is 4.36. The molecule has 5 rings (SSSR count). The fourth-order valence-corrected chi connectivity index (χ4v) is 4.67. The van der Waals surface area contributed by atoms with Crippen LogP contribution in [0.4, 0.5) is 14.6 Å². The maximum absolute atomic E-state index is 15.1. The van der Waals surface area contributed by atoms with E-state index in [2.05, 4.69) is 20.2 Å². The second kappa shape index (κ2) is 6.92. The standard InChI is InChI=1S/C21H21F2N5O/c22-15-7-14(19(29)5-11(15)8-24)17-9-26-20(10-25-17)28(13-2-3-13)18-6-12-1-4-16(27-12)21(18)23/h5,7,9-10,12-13,16,18,21,27,29H,1-4,6H2/t12?,16?,18-,21+/m0/s1. The maximum Gasteiger partial charge on any atom is 0.147 e. The van der Waals surface area contributed by atoms with Crippen molar-refractivity contribution < 1.29 is 13.9 Å². The summed E-state index contributed by atoms with van der Waals surface area (Å²) in [5.74, 6) is -0.349. The van der Waals surface area contributed by atoms with Crippen molar-refractivity contribution in [2.24, 2.45) is 0 Å². The van der Waals surface area contributed by atoms with E-state index in [1.807, 2.05) is 0 Å². The van der Waals surface area contributed by atoms with E-state index >= 15 is 4.39 Å². The number of nitrogens with one attached hydrogen (secondary N) is 1. The molecule has 29 heavy (non-hydrogen) atoms. The molecule has 0 amide bonds. The molecule has 2 aliphatic heterocycles. The number of anilines is 1. The third kappa shape index (κ3) is 3.19. The lowest BCUT2D eigenvalue weighted by Crippen LogP contribution is -2.57. The number of phenols is 1. The molecular formula is C21H21F2N5O. The van der Waals surface area contributed by atoms with Crippen LogP contribution in [0.25, 0.3) is 11.3 Å². The van der Waals surface area contributed by atoms with Gasteiger partial charge < -0.3 is 15.3 Å². The zero-order chi connectivity index (χ0) is 20.1. The van der Waals surface area contributed by atoms with E-state index in [1.165, 1.54) is 6.20 Å². The first-order valence-corrected chi connectivity index (χ1v) is 9.98. The normalized spacial score (nSPS) is 28.2. The van der Waals surface area contributed by atoms with Gasteiger partial charge in [-0.15, -0.1) is 0 Å². The van der Waals surface area contributed by atoms with E-state index in [9.17, 15) is 9.50 Å². The first-order chi connectivity index (χ1) is 14.0. The van der Waals surface area contributed by atoms with Gasteiger partial charge in [-0.1, -0.05) is 0 Å². The number of aromatic hydroxyl groups is 1. The molecular weight excluding hydrogens is 376 g/mol. The molecule has 3 fully saturated rings. The molecule has 1 aromatic carbocycles. The van der Waals surface area contributed by atoms with Crippen molar-refractivity contribution in [3.8, 4) is 23.1 Å². The molecule has 1 aliphatic carbocycles. The van der Waals surface area contributed by atoms with E-state index in [0.717, 1.165) is 44.2 Å². The quantitative estimate of drug-likeness (QED) is 0.825. The lowest BCUT2D eigenvalue weighted by molar-refractivity contribution is 0.171. The number of aromatic nitrogens is 2. The molecule has 0 radical (unpaired) electrons. The Labute approximate surface area is 167 Å². The van der Waals surface area contributed by atoms with Crippen LogP contribution in [0.1, 0.15) is 37.7 Å². The maximum atomic E-state index is 15.1. The monoisotopic (exact) mass is 397 g/mol. The van der Waals surface area contributed by atoms with Gasteiger partial charge in [-0.25, -0.2) is 13.8 Å². The van der Waals surface area contributed by atoms with Gasteiger partial charge in [0.2, 0.25) is 0 Å². The Bertz CT molecular complexity index is 972. The number of rotatable bonds is 4. The fraction of sp³-hybridized carbons (Fsp3) is 0.476. The minimum Gasteiger partial charge on any atom is -0.507 e. The molecule has 2 N–H and O–H groups in total. The number of fused-ring (bicyclic) bond motifs is 2. The molecule has 4 atom stereocenters. The summed E-state index contributed by atoms with van der Waals surface area (Å²) in [6, 6.07) is 4.17. The van der Waals surface area contributed by atoms with Crippen LogP contribution in [0.15, 0.2) is 24.5 Å². The summed E-state index contributed by atoms with van der Waals surface area (Å²) in [5, 5.41) is 22.4. The first-order valence-electron chi connectivity index (χ1n) is 9.98. The second-order valence-electron chi connectivity index (χ2n) is 8.15. The van der Waals surface area contributed by atoms with Crippen LogP contribution in [0.2, 0.25) is 0 Å². The Hall–Kier alpha value is -2.79. The molecule has 2 aromatic rings. The number of alkyl halides is 1. The van der Waals surface area contributed by atoms with Gasteiger partial charge in [-0.2, -0.15) is 5.26 Å². The van der Waals surface area contributed by atoms with Crippen LogP contribution >= 0.6 is 0 Å². The van der Waals surface area contributed by atoms with Crippen molar-refractivity contribution in [1.29, 1.82) is 5.26 Å². The van der Waals surface area contributed by atoms with Gasteiger partial charge >= 0.3 is 0 Å². The highest BCUT2D eigenvalue weighted by Crippen LogP contribution is 2.40. The average molecular weight is 397 g/mol. The molecule has 6 nitrogen and oxygen atoms in total. The van der Waals surface area contributed by atoms with Crippen LogP contribution in [0.5, 0.6) is 5.75 Å². The molecule has 1 saturated carbocycles. The predicted octanol–water partition coefficient (Wildman–Crippen LogP) is 3.06. The van der Waals surface area contributed by atoms with E-state index in [0.29, 0.717) is 17.6 Å². The number of benzene rings is 1. The van der Waals surface area contributed by atoms with Gasteiger partial charge in [-0.05, 0) is 38.2 Å². The highest BCUT2D eigenvalue weighted by molar-refractivity contribution is 5.68. The van der Waals surface area contributed by atoms with Gasteiger partial charge in [0, 0.05) is 29.8 Å². The summed E-state index contributed by atoms with van der Waals surface area (Å²) in [5.41, 5.74) is 0.236. The fourth-order valence-electron chi connectivity index (χ4n) is 4.67. The van der Waals surface area contributed by atoms with Crippen LogP contribution in [0.3, 0.4) is 0 Å². The van der Waals surface area contributed by atoms with Gasteiger partial charge in [0.1, 0.15) is 29.6 Å². The molecule has 3 heterocycles. The minimum absolute atomic E-state index is 0.0918. The summed E-state index contributed by atoms with van der Waals surface area (Å²) >= 11 is 0. The number of hydrogen-bond donors (Lipinski definition) is 2. The van der Waals surface area contributed by atoms with Crippen LogP contribution in [-0.4, -0.2) is 45.4 Å². The minimum atomic E-state index is -0.951. The number of phenolic OH excluding ortho intramolecular Hbond substituents is 1. The van der Waals surface area contributed by atoms with Crippen LogP contribution in [-0.2, 0) is 0 Å². The van der Waals surface area contributed by atoms with Gasteiger partial charge in [0.05, 0.1) is 29.7 Å². The number of hydrogen-bond acceptors (Lipinski definition) is 6. The largest absolute Gasteiger partial charge is 0.507 e. The van der Waals surface area contributed by atoms with Crippen LogP contribution < -0.4 is 10.2 Å². The number of nitrogens with zero attached hydrogens (tertiary/aromatic N) is 4. The third-order valence-corrected chi connectivity index (χ3v) is 6.24.